The van der Waals surface area contributed by atoms with Gasteiger partial charge >= 0.3 is 23.7 Å². The molecule has 6 aromatic rings. The number of alkyl halides is 4. The van der Waals surface area contributed by atoms with E-state index in [1.807, 2.05) is 55.7 Å². The second kappa shape index (κ2) is 25.1. The van der Waals surface area contributed by atoms with E-state index >= 15 is 0 Å². The van der Waals surface area contributed by atoms with Gasteiger partial charge in [0, 0.05) is 47.7 Å². The number of carbonyl (C=O) groups excluding carboxylic acids is 3. The minimum Gasteiger partial charge on any atom is -0.477 e. The van der Waals surface area contributed by atoms with E-state index in [0.717, 1.165) is 52.1 Å². The number of thioether (sulfide) groups is 1. The van der Waals surface area contributed by atoms with Crippen LogP contribution in [0.15, 0.2) is 131 Å². The van der Waals surface area contributed by atoms with Crippen LogP contribution in [-0.2, 0) is 52.4 Å². The van der Waals surface area contributed by atoms with Crippen LogP contribution in [0.2, 0.25) is 0 Å². The Morgan fingerprint density at radius 3 is 1.94 bits per heavy atom. The number of benzene rings is 5. The first-order valence-corrected chi connectivity index (χ1v) is 27.5. The fraction of sp³-hybridized carbons (Fsp3) is 0.250. The predicted molar refractivity (Wildman–Crippen MR) is 284 cm³/mol. The molecule has 1 aromatic heterocycles. The number of halogens is 4. The van der Waals surface area contributed by atoms with Gasteiger partial charge in [-0.15, -0.1) is 0 Å². The number of anilines is 4. The van der Waals surface area contributed by atoms with Gasteiger partial charge in [-0.3, -0.25) is 39.5 Å². The number of aryl methyl sites for hydroxylation is 3. The van der Waals surface area contributed by atoms with Crippen molar-refractivity contribution in [3.8, 4) is 11.1 Å². The van der Waals surface area contributed by atoms with E-state index in [-0.39, 0.29) is 51.5 Å². The van der Waals surface area contributed by atoms with E-state index in [1.165, 1.54) is 35.2 Å². The van der Waals surface area contributed by atoms with Gasteiger partial charge in [0.25, 0.3) is 31.9 Å². The highest BCUT2D eigenvalue weighted by molar-refractivity contribution is 7.99. The second-order valence-corrected chi connectivity index (χ2v) is 22.0. The number of amides is 3. The topological polar surface area (TPSA) is 254 Å². The quantitative estimate of drug-likeness (QED) is 0.0121. The fourth-order valence-corrected chi connectivity index (χ4v) is 11.0. The summed E-state index contributed by atoms with van der Waals surface area (Å²) in [5, 5.41) is 14.0. The van der Waals surface area contributed by atoms with Crippen molar-refractivity contribution in [1.82, 2.24) is 16.2 Å². The molecular weight excluding hydrogens is 1070 g/mol. The first-order valence-electron chi connectivity index (χ1n) is 23.4. The zero-order valence-corrected chi connectivity index (χ0v) is 44.5. The molecule has 0 radical (unpaired) electrons. The number of hydroxylamine groups is 1. The van der Waals surface area contributed by atoms with Gasteiger partial charge in [0.05, 0.1) is 22.1 Å². The third-order valence-corrected chi connectivity index (χ3v) is 15.7. The monoisotopic (exact) mass is 1120 g/mol. The first kappa shape index (κ1) is 58.7. The molecule has 8 N–H and O–H groups in total. The molecule has 18 nitrogen and oxygen atoms in total. The number of aliphatic carboxylic acids is 1. The Morgan fingerprint density at radius 2 is 1.29 bits per heavy atom. The van der Waals surface area contributed by atoms with Crippen LogP contribution >= 0.6 is 11.8 Å². The average molecular weight is 1120 g/mol. The molecule has 0 aliphatic heterocycles. The van der Waals surface area contributed by atoms with Crippen LogP contribution in [0.1, 0.15) is 43.7 Å². The number of carboxylic acid groups (broad SMARTS) is 1. The van der Waals surface area contributed by atoms with Crippen LogP contribution in [0.25, 0.3) is 11.1 Å². The van der Waals surface area contributed by atoms with E-state index in [9.17, 15) is 53.6 Å². The van der Waals surface area contributed by atoms with Crippen molar-refractivity contribution in [2.45, 2.75) is 69.4 Å². The molecule has 25 heteroatoms. The van der Waals surface area contributed by atoms with Crippen LogP contribution < -0.4 is 41.0 Å². The van der Waals surface area contributed by atoms with Crippen molar-refractivity contribution in [1.29, 1.82) is 0 Å². The Kier molecular flexibility index (Phi) is 19.1. The summed E-state index contributed by atoms with van der Waals surface area (Å²) < 4.78 is 115. The van der Waals surface area contributed by atoms with Crippen molar-refractivity contribution < 1.29 is 68.1 Å². The van der Waals surface area contributed by atoms with Gasteiger partial charge in [-0.1, -0.05) is 48.0 Å². The zero-order chi connectivity index (χ0) is 56.3. The molecule has 3 amide bonds. The minimum absolute atomic E-state index is 0.0407. The van der Waals surface area contributed by atoms with Gasteiger partial charge in [0.15, 0.2) is 12.4 Å². The van der Waals surface area contributed by atoms with Crippen LogP contribution in [0.4, 0.5) is 40.3 Å². The summed E-state index contributed by atoms with van der Waals surface area (Å²) in [6, 6.07) is 28.8. The first-order chi connectivity index (χ1) is 36.3. The van der Waals surface area contributed by atoms with Crippen LogP contribution in [0, 0.1) is 34.6 Å². The molecule has 408 valence electrons. The summed E-state index contributed by atoms with van der Waals surface area (Å²) in [5.74, 6) is -16.7. The third kappa shape index (κ3) is 14.9. The number of pyridine rings is 1. The molecule has 0 bridgehead atoms. The molecule has 77 heavy (non-hydrogen) atoms. The molecule has 0 fully saturated rings. The molecule has 0 saturated heterocycles. The van der Waals surface area contributed by atoms with E-state index in [2.05, 4.69) is 25.6 Å². The highest BCUT2D eigenvalue weighted by atomic mass is 32.2. The number of nitrogens with one attached hydrogen (secondary N) is 7. The van der Waals surface area contributed by atoms with Crippen LogP contribution in [0.3, 0.4) is 0 Å². The molecule has 0 spiro atoms. The summed E-state index contributed by atoms with van der Waals surface area (Å²) in [6.45, 7) is 9.72. The number of carboxylic acids is 1. The second-order valence-electron chi connectivity index (χ2n) is 17.5. The van der Waals surface area contributed by atoms with Crippen molar-refractivity contribution in [2.75, 3.05) is 44.8 Å². The maximum Gasteiger partial charge on any atom is 0.413 e. The standard InChI is InChI=1S/C52H54F4N8O10S3/c1-32-11-15-41(16-12-32)62-76(70,71)43-21-13-33(2)46(35(43)4)38-9-6-8-37(28-38)31-74-58-24-27-75-26-23-57-48(66)39-10-7-25-64(29-39)30-45(65)59-47-34(3)14-22-44(36(47)5)77(72,73)63-42-19-17-40(18-20-42)60-61-49(67)51(53,54)52(55,56)50(68)69/h6-22,25,28-29,58,60,62-63H,23-24,26-27,30-31H2,1-5H3,(H3-,57,59,61,65,66,67,68,69)/p+1. The van der Waals surface area contributed by atoms with E-state index in [1.54, 1.807) is 68.2 Å². The van der Waals surface area contributed by atoms with Crippen molar-refractivity contribution in [3.05, 3.63) is 161 Å². The normalized spacial score (nSPS) is 11.9. The van der Waals surface area contributed by atoms with E-state index < -0.39 is 49.7 Å². The number of aromatic nitrogens is 1. The SMILES string of the molecule is Cc1ccc(NS(=O)(=O)c2ccc(C)c(-c3cccc(CONCCSCCNC(=O)c4ccc[n+](CC(=O)Nc5c(C)ccc(S(=O)(=O)Nc6ccc(NNC(=O)C(F)(F)C(F)(F)C(=O)O)cc6)c5C)c4)c3)c2C)cc1. The van der Waals surface area contributed by atoms with Crippen molar-refractivity contribution in [3.63, 3.8) is 0 Å². The van der Waals surface area contributed by atoms with Gasteiger partial charge in [0.1, 0.15) is 5.56 Å². The molecular formula is C52H55F4N8O10S3+. The maximum absolute atomic E-state index is 13.7. The van der Waals surface area contributed by atoms with Gasteiger partial charge in [-0.2, -0.15) is 33.9 Å². The fourth-order valence-electron chi connectivity index (χ4n) is 7.70. The van der Waals surface area contributed by atoms with E-state index in [0.29, 0.717) is 47.0 Å². The summed E-state index contributed by atoms with van der Waals surface area (Å²) in [4.78, 5) is 54.2. The zero-order valence-electron chi connectivity index (χ0n) is 42.1. The lowest BCUT2D eigenvalue weighted by Crippen LogP contribution is -2.57. The molecule has 1 heterocycles. The third-order valence-electron chi connectivity index (χ3n) is 11.7. The predicted octanol–water partition coefficient (Wildman–Crippen LogP) is 7.41. The summed E-state index contributed by atoms with van der Waals surface area (Å²) >= 11 is 1.59. The van der Waals surface area contributed by atoms with Gasteiger partial charge in [0.2, 0.25) is 6.54 Å². The number of rotatable bonds is 25. The van der Waals surface area contributed by atoms with Gasteiger partial charge in [-0.05, 0) is 134 Å². The highest BCUT2D eigenvalue weighted by Gasteiger charge is 2.67. The Morgan fingerprint density at radius 1 is 0.688 bits per heavy atom. The molecule has 6 rings (SSSR count). The molecule has 0 unspecified atom stereocenters. The number of hydrogen-bond acceptors (Lipinski definition) is 12. The number of hydrazine groups is 1. The molecule has 5 aromatic carbocycles. The lowest BCUT2D eigenvalue weighted by atomic mass is 9.95. The summed E-state index contributed by atoms with van der Waals surface area (Å²) in [5.41, 5.74) is 12.8. The Bertz CT molecular complexity index is 3390. The molecule has 0 saturated carbocycles. The highest BCUT2D eigenvalue weighted by Crippen LogP contribution is 2.36. The van der Waals surface area contributed by atoms with Gasteiger partial charge in [-0.25, -0.2) is 27.1 Å². The smallest absolute Gasteiger partial charge is 0.413 e. The number of hydrogen-bond donors (Lipinski definition) is 8. The van der Waals surface area contributed by atoms with Crippen molar-refractivity contribution in [2.24, 2.45) is 0 Å². The lowest BCUT2D eigenvalue weighted by molar-refractivity contribution is -0.684. The van der Waals surface area contributed by atoms with E-state index in [4.69, 9.17) is 9.94 Å². The largest absolute Gasteiger partial charge is 0.477 e. The average Bonchev–Trinajstić information content (AvgIpc) is 3.38. The summed E-state index contributed by atoms with van der Waals surface area (Å²) in [6.07, 6.45) is 3.09. The van der Waals surface area contributed by atoms with Crippen molar-refractivity contribution >= 4 is 78.2 Å². The number of nitrogens with zero attached hydrogens (tertiary/aromatic N) is 1. The summed E-state index contributed by atoms with van der Waals surface area (Å²) in [7, 11) is -8.18. The minimum atomic E-state index is -5.69. The maximum atomic E-state index is 13.7. The molecule has 0 aliphatic carbocycles. The van der Waals surface area contributed by atoms with Crippen LogP contribution in [-0.4, -0.2) is 82.1 Å². The lowest BCUT2D eigenvalue weighted by Gasteiger charge is -2.22. The number of carbonyl (C=O) groups is 4. The Hall–Kier alpha value is -7.58. The molecule has 0 atom stereocenters. The van der Waals surface area contributed by atoms with Crippen LogP contribution in [0.5, 0.6) is 0 Å². The Labute approximate surface area is 446 Å². The number of sulfonamides is 2. The van der Waals surface area contributed by atoms with Gasteiger partial charge < -0.3 is 15.7 Å². The molecule has 0 aliphatic rings. The Balaban J connectivity index is 0.922.